The number of carbonyl (C=O) groups excluding carboxylic acids is 1. The van der Waals surface area contributed by atoms with Crippen LogP contribution in [-0.4, -0.2) is 51.6 Å². The maximum absolute atomic E-state index is 12.5. The van der Waals surface area contributed by atoms with E-state index >= 15 is 0 Å². The van der Waals surface area contributed by atoms with Crippen molar-refractivity contribution in [3.05, 3.63) is 40.1 Å². The van der Waals surface area contributed by atoms with Crippen LogP contribution in [0.3, 0.4) is 0 Å². The van der Waals surface area contributed by atoms with E-state index in [9.17, 15) is 14.9 Å². The number of nitrogens with zero attached hydrogens (tertiary/aromatic N) is 3. The standard InChI is InChI=1S/C20H27N3O5/c1-13-11-22(19(24)28-20(3,4)5)14(2)10-21(13)12-16-9-17(23(25)26)8-15-6-7-27-18(15)16/h6-9,13-14H,10-12H2,1-5H3/t13-,14+/m1/s1. The van der Waals surface area contributed by atoms with E-state index in [0.29, 0.717) is 25.2 Å². The largest absolute Gasteiger partial charge is 0.464 e. The lowest BCUT2D eigenvalue weighted by Crippen LogP contribution is -2.58. The lowest BCUT2D eigenvalue weighted by Gasteiger charge is -2.44. The van der Waals surface area contributed by atoms with E-state index in [1.54, 1.807) is 23.3 Å². The molecule has 1 aliphatic heterocycles. The molecule has 1 aliphatic rings. The van der Waals surface area contributed by atoms with Gasteiger partial charge in [0.25, 0.3) is 5.69 Å². The number of furan rings is 1. The summed E-state index contributed by atoms with van der Waals surface area (Å²) in [5.74, 6) is 0. The lowest BCUT2D eigenvalue weighted by molar-refractivity contribution is -0.384. The van der Waals surface area contributed by atoms with E-state index in [4.69, 9.17) is 9.15 Å². The predicted octanol–water partition coefficient (Wildman–Crippen LogP) is 4.17. The predicted molar refractivity (Wildman–Crippen MR) is 105 cm³/mol. The molecular formula is C20H27N3O5. The normalized spacial score (nSPS) is 21.1. The summed E-state index contributed by atoms with van der Waals surface area (Å²) in [6.45, 7) is 11.3. The average molecular weight is 389 g/mol. The van der Waals surface area contributed by atoms with Crippen LogP contribution >= 0.6 is 0 Å². The van der Waals surface area contributed by atoms with Crippen molar-refractivity contribution in [3.63, 3.8) is 0 Å². The van der Waals surface area contributed by atoms with Crippen molar-refractivity contribution in [1.82, 2.24) is 9.80 Å². The number of benzene rings is 1. The Balaban J connectivity index is 1.78. The van der Waals surface area contributed by atoms with Crippen molar-refractivity contribution >= 4 is 22.7 Å². The summed E-state index contributed by atoms with van der Waals surface area (Å²) < 4.78 is 11.1. The van der Waals surface area contributed by atoms with Crippen molar-refractivity contribution < 1.29 is 18.9 Å². The topological polar surface area (TPSA) is 89.1 Å². The highest BCUT2D eigenvalue weighted by molar-refractivity contribution is 5.83. The Hall–Kier alpha value is -2.61. The molecule has 0 unspecified atom stereocenters. The van der Waals surface area contributed by atoms with Gasteiger partial charge in [0, 0.05) is 54.8 Å². The first-order chi connectivity index (χ1) is 13.0. The lowest BCUT2D eigenvalue weighted by atomic mass is 10.1. The third-order valence-corrected chi connectivity index (χ3v) is 4.94. The summed E-state index contributed by atoms with van der Waals surface area (Å²) in [7, 11) is 0. The summed E-state index contributed by atoms with van der Waals surface area (Å²) in [4.78, 5) is 27.3. The molecule has 1 amide bonds. The van der Waals surface area contributed by atoms with E-state index in [2.05, 4.69) is 4.90 Å². The molecule has 0 bridgehead atoms. The van der Waals surface area contributed by atoms with Crippen molar-refractivity contribution in [1.29, 1.82) is 0 Å². The summed E-state index contributed by atoms with van der Waals surface area (Å²) in [5.41, 5.74) is 0.960. The van der Waals surface area contributed by atoms with Gasteiger partial charge in [0.2, 0.25) is 0 Å². The Kier molecular flexibility index (Phi) is 5.34. The zero-order valence-corrected chi connectivity index (χ0v) is 17.0. The Bertz CT molecular complexity index is 886. The van der Waals surface area contributed by atoms with E-state index in [1.807, 2.05) is 34.6 Å². The number of amides is 1. The van der Waals surface area contributed by atoms with E-state index < -0.39 is 5.60 Å². The molecule has 1 aromatic heterocycles. The molecule has 28 heavy (non-hydrogen) atoms. The maximum atomic E-state index is 12.5. The number of nitro benzene ring substituents is 1. The summed E-state index contributed by atoms with van der Waals surface area (Å²) in [5, 5.41) is 12.0. The fourth-order valence-corrected chi connectivity index (χ4v) is 3.57. The first kappa shape index (κ1) is 20.1. The second-order valence-corrected chi connectivity index (χ2v) is 8.46. The number of ether oxygens (including phenoxy) is 1. The van der Waals surface area contributed by atoms with Gasteiger partial charge in [-0.2, -0.15) is 0 Å². The second kappa shape index (κ2) is 7.43. The molecule has 1 saturated heterocycles. The monoisotopic (exact) mass is 389 g/mol. The van der Waals surface area contributed by atoms with E-state index in [1.165, 1.54) is 6.07 Å². The summed E-state index contributed by atoms with van der Waals surface area (Å²) >= 11 is 0. The molecule has 1 fully saturated rings. The summed E-state index contributed by atoms with van der Waals surface area (Å²) in [6.07, 6.45) is 1.24. The third kappa shape index (κ3) is 4.27. The highest BCUT2D eigenvalue weighted by Gasteiger charge is 2.34. The van der Waals surface area contributed by atoms with Crippen molar-refractivity contribution in [3.8, 4) is 0 Å². The molecule has 0 N–H and O–H groups in total. The number of carbonyl (C=O) groups is 1. The van der Waals surface area contributed by atoms with Crippen LogP contribution in [0, 0.1) is 10.1 Å². The Morgan fingerprint density at radius 3 is 2.64 bits per heavy atom. The highest BCUT2D eigenvalue weighted by Crippen LogP contribution is 2.29. The van der Waals surface area contributed by atoms with Gasteiger partial charge in [-0.15, -0.1) is 0 Å². The number of non-ortho nitro benzene ring substituents is 1. The van der Waals surface area contributed by atoms with Crippen LogP contribution in [-0.2, 0) is 11.3 Å². The molecule has 0 saturated carbocycles. The molecule has 152 valence electrons. The number of nitro groups is 1. The van der Waals surface area contributed by atoms with Crippen LogP contribution in [0.1, 0.15) is 40.2 Å². The molecule has 8 heteroatoms. The number of hydrogen-bond acceptors (Lipinski definition) is 6. The highest BCUT2D eigenvalue weighted by atomic mass is 16.6. The second-order valence-electron chi connectivity index (χ2n) is 8.46. The molecule has 2 atom stereocenters. The zero-order chi connectivity index (χ0) is 20.6. The number of hydrogen-bond donors (Lipinski definition) is 0. The number of rotatable bonds is 3. The number of piperazine rings is 1. The van der Waals surface area contributed by atoms with Crippen LogP contribution in [0.4, 0.5) is 10.5 Å². The quantitative estimate of drug-likeness (QED) is 0.578. The smallest absolute Gasteiger partial charge is 0.410 e. The third-order valence-electron chi connectivity index (χ3n) is 4.94. The molecule has 0 aliphatic carbocycles. The molecule has 3 rings (SSSR count). The van der Waals surface area contributed by atoms with E-state index in [-0.39, 0.29) is 28.8 Å². The Labute approximate surface area is 164 Å². The van der Waals surface area contributed by atoms with Crippen LogP contribution in [0.5, 0.6) is 0 Å². The molecular weight excluding hydrogens is 362 g/mol. The average Bonchev–Trinajstić information content (AvgIpc) is 3.04. The molecule has 0 radical (unpaired) electrons. The van der Waals surface area contributed by atoms with Gasteiger partial charge < -0.3 is 14.1 Å². The van der Waals surface area contributed by atoms with Crippen LogP contribution in [0.25, 0.3) is 11.0 Å². The Morgan fingerprint density at radius 1 is 1.29 bits per heavy atom. The van der Waals surface area contributed by atoms with Crippen molar-refractivity contribution in [2.75, 3.05) is 13.1 Å². The van der Waals surface area contributed by atoms with Gasteiger partial charge in [-0.3, -0.25) is 15.0 Å². The van der Waals surface area contributed by atoms with E-state index in [0.717, 1.165) is 10.9 Å². The zero-order valence-electron chi connectivity index (χ0n) is 17.0. The fourth-order valence-electron chi connectivity index (χ4n) is 3.57. The minimum Gasteiger partial charge on any atom is -0.464 e. The van der Waals surface area contributed by atoms with Gasteiger partial charge >= 0.3 is 6.09 Å². The first-order valence-electron chi connectivity index (χ1n) is 9.43. The van der Waals surface area contributed by atoms with Crippen LogP contribution < -0.4 is 0 Å². The molecule has 8 nitrogen and oxygen atoms in total. The molecule has 2 aromatic rings. The molecule has 2 heterocycles. The molecule has 1 aromatic carbocycles. The fraction of sp³-hybridized carbons (Fsp3) is 0.550. The van der Waals surface area contributed by atoms with Gasteiger partial charge in [-0.1, -0.05) is 0 Å². The SMILES string of the molecule is C[C@@H]1CN(C(=O)OC(C)(C)C)[C@@H](C)CN1Cc1cc([N+](=O)[O-])cc2ccoc12. The minimum absolute atomic E-state index is 0.0307. The Morgan fingerprint density at radius 2 is 2.00 bits per heavy atom. The summed E-state index contributed by atoms with van der Waals surface area (Å²) in [6, 6.07) is 4.88. The maximum Gasteiger partial charge on any atom is 0.410 e. The van der Waals surface area contributed by atoms with Crippen molar-refractivity contribution in [2.45, 2.75) is 58.8 Å². The van der Waals surface area contributed by atoms with Gasteiger partial charge in [0.1, 0.15) is 11.2 Å². The van der Waals surface area contributed by atoms with Gasteiger partial charge in [-0.25, -0.2) is 4.79 Å². The van der Waals surface area contributed by atoms with Gasteiger partial charge in [0.15, 0.2) is 0 Å². The van der Waals surface area contributed by atoms with Gasteiger partial charge in [0.05, 0.1) is 11.2 Å². The van der Waals surface area contributed by atoms with Gasteiger partial charge in [-0.05, 0) is 40.7 Å². The van der Waals surface area contributed by atoms with Crippen molar-refractivity contribution in [2.24, 2.45) is 0 Å². The van der Waals surface area contributed by atoms with Crippen LogP contribution in [0.2, 0.25) is 0 Å². The number of fused-ring (bicyclic) bond motifs is 1. The minimum atomic E-state index is -0.537. The molecule has 0 spiro atoms. The van der Waals surface area contributed by atoms with Crippen LogP contribution in [0.15, 0.2) is 28.9 Å². The first-order valence-corrected chi connectivity index (χ1v) is 9.43.